The zero-order valence-electron chi connectivity index (χ0n) is 14.6. The van der Waals surface area contributed by atoms with Crippen molar-refractivity contribution in [1.29, 1.82) is 0 Å². The van der Waals surface area contributed by atoms with E-state index in [1.807, 2.05) is 23.6 Å². The SMILES string of the molecule is COCCC(=O)N1C[C@@H]2CC[C@H](C1)N(Cc1c(C)noc1C)C2=O. The average molecular weight is 335 g/mol. The van der Waals surface area contributed by atoms with Crippen molar-refractivity contribution in [3.63, 3.8) is 0 Å². The number of carbonyl (C=O) groups excluding carboxylic acids is 2. The van der Waals surface area contributed by atoms with Crippen molar-refractivity contribution in [3.05, 3.63) is 17.0 Å². The van der Waals surface area contributed by atoms with Crippen LogP contribution in [0.3, 0.4) is 0 Å². The fourth-order valence-electron chi connectivity index (χ4n) is 3.70. The van der Waals surface area contributed by atoms with E-state index < -0.39 is 0 Å². The second-order valence-corrected chi connectivity index (χ2v) is 6.74. The summed E-state index contributed by atoms with van der Waals surface area (Å²) >= 11 is 0. The van der Waals surface area contributed by atoms with Gasteiger partial charge in [-0.05, 0) is 26.7 Å². The van der Waals surface area contributed by atoms with Gasteiger partial charge in [0.25, 0.3) is 0 Å². The number of hydrogen-bond donors (Lipinski definition) is 0. The van der Waals surface area contributed by atoms with Crippen molar-refractivity contribution in [2.45, 2.75) is 45.7 Å². The average Bonchev–Trinajstić information content (AvgIpc) is 2.75. The Morgan fingerprint density at radius 1 is 1.33 bits per heavy atom. The van der Waals surface area contributed by atoms with Gasteiger partial charge < -0.3 is 19.1 Å². The summed E-state index contributed by atoms with van der Waals surface area (Å²) in [7, 11) is 1.59. The van der Waals surface area contributed by atoms with Crippen LogP contribution in [0.15, 0.2) is 4.52 Å². The summed E-state index contributed by atoms with van der Waals surface area (Å²) in [4.78, 5) is 29.0. The van der Waals surface area contributed by atoms with E-state index in [0.29, 0.717) is 32.7 Å². The first-order valence-electron chi connectivity index (χ1n) is 8.50. The Labute approximate surface area is 141 Å². The van der Waals surface area contributed by atoms with E-state index in [1.165, 1.54) is 0 Å². The number of methoxy groups -OCH3 is 1. The fourth-order valence-corrected chi connectivity index (χ4v) is 3.70. The summed E-state index contributed by atoms with van der Waals surface area (Å²) in [6.45, 7) is 5.83. The molecule has 3 fully saturated rings. The van der Waals surface area contributed by atoms with Crippen molar-refractivity contribution in [2.75, 3.05) is 26.8 Å². The van der Waals surface area contributed by atoms with Gasteiger partial charge in [-0.2, -0.15) is 0 Å². The highest BCUT2D eigenvalue weighted by Crippen LogP contribution is 2.31. The zero-order chi connectivity index (χ0) is 17.3. The number of fused-ring (bicyclic) bond motifs is 4. The molecule has 0 aromatic carbocycles. The zero-order valence-corrected chi connectivity index (χ0v) is 14.6. The number of hydrogen-bond acceptors (Lipinski definition) is 5. The van der Waals surface area contributed by atoms with Gasteiger partial charge >= 0.3 is 0 Å². The molecule has 2 bridgehead atoms. The van der Waals surface area contributed by atoms with Crippen LogP contribution < -0.4 is 0 Å². The molecule has 2 atom stereocenters. The lowest BCUT2D eigenvalue weighted by molar-refractivity contribution is -0.140. The second-order valence-electron chi connectivity index (χ2n) is 6.74. The number of amides is 2. The third kappa shape index (κ3) is 3.17. The monoisotopic (exact) mass is 335 g/mol. The summed E-state index contributed by atoms with van der Waals surface area (Å²) in [5.41, 5.74) is 1.81. The largest absolute Gasteiger partial charge is 0.384 e. The Morgan fingerprint density at radius 2 is 2.12 bits per heavy atom. The predicted molar refractivity (Wildman–Crippen MR) is 86.1 cm³/mol. The molecular formula is C17H25N3O4. The summed E-state index contributed by atoms with van der Waals surface area (Å²) in [5, 5.41) is 3.98. The van der Waals surface area contributed by atoms with Crippen LogP contribution in [-0.2, 0) is 20.9 Å². The summed E-state index contributed by atoms with van der Waals surface area (Å²) in [6.07, 6.45) is 2.16. The van der Waals surface area contributed by atoms with Gasteiger partial charge in [-0.3, -0.25) is 9.59 Å². The molecule has 0 unspecified atom stereocenters. The maximum atomic E-state index is 12.9. The Bertz CT molecular complexity index is 608. The number of aryl methyl sites for hydroxylation is 2. The Hall–Kier alpha value is -1.89. The fraction of sp³-hybridized carbons (Fsp3) is 0.706. The number of rotatable bonds is 5. The number of aromatic nitrogens is 1. The lowest BCUT2D eigenvalue weighted by Gasteiger charge is -2.35. The van der Waals surface area contributed by atoms with Gasteiger partial charge in [0.15, 0.2) is 0 Å². The minimum Gasteiger partial charge on any atom is -0.384 e. The van der Waals surface area contributed by atoms with Crippen LogP contribution in [0.4, 0.5) is 0 Å². The van der Waals surface area contributed by atoms with Crippen LogP contribution in [0.5, 0.6) is 0 Å². The highest BCUT2D eigenvalue weighted by molar-refractivity contribution is 5.83. The van der Waals surface area contributed by atoms with E-state index in [2.05, 4.69) is 5.16 Å². The van der Waals surface area contributed by atoms with Gasteiger partial charge in [0, 0.05) is 31.8 Å². The molecule has 1 aromatic heterocycles. The van der Waals surface area contributed by atoms with Gasteiger partial charge in [-0.15, -0.1) is 0 Å². The van der Waals surface area contributed by atoms with Crippen LogP contribution in [0.1, 0.15) is 36.3 Å². The molecule has 4 rings (SSSR count). The van der Waals surface area contributed by atoms with E-state index in [9.17, 15) is 9.59 Å². The van der Waals surface area contributed by atoms with Gasteiger partial charge in [0.1, 0.15) is 5.76 Å². The molecule has 7 heteroatoms. The minimum atomic E-state index is -0.101. The van der Waals surface area contributed by atoms with Crippen LogP contribution in [-0.4, -0.2) is 59.6 Å². The molecule has 3 saturated heterocycles. The molecule has 0 radical (unpaired) electrons. The number of nitrogens with zero attached hydrogens (tertiary/aromatic N) is 3. The molecule has 2 amide bonds. The summed E-state index contributed by atoms with van der Waals surface area (Å²) < 4.78 is 10.2. The highest BCUT2D eigenvalue weighted by atomic mass is 16.5. The molecule has 0 spiro atoms. The summed E-state index contributed by atoms with van der Waals surface area (Å²) in [5.74, 6) is 0.873. The minimum absolute atomic E-state index is 0.0662. The van der Waals surface area contributed by atoms with Crippen molar-refractivity contribution in [1.82, 2.24) is 15.0 Å². The first kappa shape index (κ1) is 17.0. The Balaban J connectivity index is 1.76. The maximum absolute atomic E-state index is 12.9. The summed E-state index contributed by atoms with van der Waals surface area (Å²) in [6, 6.07) is 0.0662. The first-order valence-corrected chi connectivity index (χ1v) is 8.50. The first-order chi connectivity index (χ1) is 11.5. The molecule has 0 N–H and O–H groups in total. The molecule has 4 heterocycles. The predicted octanol–water partition coefficient (Wildman–Crippen LogP) is 1.28. The molecule has 3 aliphatic rings. The van der Waals surface area contributed by atoms with Crippen LogP contribution >= 0.6 is 0 Å². The number of piperidine rings is 1. The third-order valence-electron chi connectivity index (χ3n) is 5.18. The van der Waals surface area contributed by atoms with E-state index in [0.717, 1.165) is 29.9 Å². The van der Waals surface area contributed by atoms with Crippen molar-refractivity contribution < 1.29 is 18.8 Å². The topological polar surface area (TPSA) is 75.9 Å². The third-order valence-corrected chi connectivity index (χ3v) is 5.18. The van der Waals surface area contributed by atoms with Gasteiger partial charge in [-0.25, -0.2) is 0 Å². The molecule has 7 nitrogen and oxygen atoms in total. The van der Waals surface area contributed by atoms with E-state index in [-0.39, 0.29) is 23.8 Å². The van der Waals surface area contributed by atoms with Crippen LogP contribution in [0, 0.1) is 19.8 Å². The maximum Gasteiger partial charge on any atom is 0.228 e. The molecule has 24 heavy (non-hydrogen) atoms. The van der Waals surface area contributed by atoms with E-state index in [1.54, 1.807) is 7.11 Å². The second kappa shape index (κ2) is 6.93. The van der Waals surface area contributed by atoms with Crippen molar-refractivity contribution in [3.8, 4) is 0 Å². The quantitative estimate of drug-likeness (QED) is 0.810. The molecule has 0 saturated carbocycles. The standard InChI is InChI=1S/C17H25N3O4/c1-11-15(12(2)24-18-11)10-20-14-5-4-13(17(20)22)8-19(9-14)16(21)6-7-23-3/h13-14H,4-10H2,1-3H3/t13-,14+/m0/s1. The Kier molecular flexibility index (Phi) is 4.89. The van der Waals surface area contributed by atoms with Gasteiger partial charge in [-0.1, -0.05) is 5.16 Å². The Morgan fingerprint density at radius 3 is 2.79 bits per heavy atom. The van der Waals surface area contributed by atoms with Gasteiger partial charge in [0.05, 0.1) is 31.2 Å². The van der Waals surface area contributed by atoms with Crippen molar-refractivity contribution >= 4 is 11.8 Å². The molecule has 132 valence electrons. The normalized spacial score (nSPS) is 23.7. The number of ether oxygens (including phenoxy) is 1. The van der Waals surface area contributed by atoms with E-state index >= 15 is 0 Å². The smallest absolute Gasteiger partial charge is 0.228 e. The van der Waals surface area contributed by atoms with Crippen LogP contribution in [0.2, 0.25) is 0 Å². The molecule has 1 aromatic rings. The number of carbonyl (C=O) groups is 2. The van der Waals surface area contributed by atoms with Gasteiger partial charge in [0.2, 0.25) is 11.8 Å². The molecular weight excluding hydrogens is 310 g/mol. The lowest BCUT2D eigenvalue weighted by Crippen LogP contribution is -2.47. The van der Waals surface area contributed by atoms with Crippen LogP contribution in [0.25, 0.3) is 0 Å². The lowest BCUT2D eigenvalue weighted by atomic mass is 9.93. The van der Waals surface area contributed by atoms with Crippen molar-refractivity contribution in [2.24, 2.45) is 5.92 Å². The molecule has 0 aliphatic carbocycles. The molecule has 3 aliphatic heterocycles. The highest BCUT2D eigenvalue weighted by Gasteiger charge is 2.42. The van der Waals surface area contributed by atoms with E-state index in [4.69, 9.17) is 9.26 Å².